The Hall–Kier alpha value is -2.45. The van der Waals surface area contributed by atoms with E-state index in [0.29, 0.717) is 32.5 Å². The van der Waals surface area contributed by atoms with Crippen LogP contribution in [-0.4, -0.2) is 85.3 Å². The van der Waals surface area contributed by atoms with E-state index in [1.165, 1.54) is 10.5 Å². The molecule has 2 aliphatic heterocycles. The van der Waals surface area contributed by atoms with Crippen LogP contribution in [-0.2, 0) is 14.4 Å². The number of nitrogens with two attached hydrogens (primary N) is 1. The van der Waals surface area contributed by atoms with Gasteiger partial charge in [0, 0.05) is 51.7 Å². The molecule has 3 N–H and O–H groups in total. The Labute approximate surface area is 178 Å². The van der Waals surface area contributed by atoms with Crippen molar-refractivity contribution in [3.8, 4) is 0 Å². The van der Waals surface area contributed by atoms with Gasteiger partial charge in [-0.25, -0.2) is 0 Å². The first-order valence-corrected chi connectivity index (χ1v) is 10.7. The van der Waals surface area contributed by atoms with Crippen LogP contribution in [0.4, 0.5) is 0 Å². The van der Waals surface area contributed by atoms with E-state index < -0.39 is 11.8 Å². The fraction of sp³-hybridized carbons (Fsp3) is 0.591. The lowest BCUT2D eigenvalue weighted by Gasteiger charge is -2.38. The highest BCUT2D eigenvalue weighted by Gasteiger charge is 2.30. The Balaban J connectivity index is 1.60. The molecule has 2 fully saturated rings. The van der Waals surface area contributed by atoms with Crippen LogP contribution in [0.1, 0.15) is 30.0 Å². The van der Waals surface area contributed by atoms with Crippen molar-refractivity contribution in [1.29, 1.82) is 0 Å². The van der Waals surface area contributed by atoms with Crippen molar-refractivity contribution < 1.29 is 14.4 Å². The van der Waals surface area contributed by atoms with Gasteiger partial charge < -0.3 is 20.9 Å². The molecule has 0 spiro atoms. The van der Waals surface area contributed by atoms with Crippen LogP contribution >= 0.6 is 0 Å². The number of hydrogen-bond acceptors (Lipinski definition) is 5. The molecule has 3 rings (SSSR count). The van der Waals surface area contributed by atoms with E-state index >= 15 is 0 Å². The van der Waals surface area contributed by atoms with Crippen LogP contribution in [0.2, 0.25) is 0 Å². The summed E-state index contributed by atoms with van der Waals surface area (Å²) >= 11 is 0. The molecule has 30 heavy (non-hydrogen) atoms. The van der Waals surface area contributed by atoms with E-state index in [1.807, 2.05) is 0 Å². The van der Waals surface area contributed by atoms with Gasteiger partial charge in [0.25, 0.3) is 0 Å². The number of amides is 3. The average Bonchev–Trinajstić information content (AvgIpc) is 2.75. The zero-order valence-corrected chi connectivity index (χ0v) is 18.0. The lowest BCUT2D eigenvalue weighted by atomic mass is 9.96. The monoisotopic (exact) mass is 415 g/mol. The predicted octanol–water partition coefficient (Wildman–Crippen LogP) is 0.124. The molecule has 0 aromatic heterocycles. The number of nitrogens with one attached hydrogen (secondary N) is 1. The van der Waals surface area contributed by atoms with E-state index in [1.54, 1.807) is 0 Å². The topological polar surface area (TPSA) is 99.0 Å². The number of carbonyl (C=O) groups excluding carboxylic acids is 3. The molecule has 0 bridgehead atoms. The number of carbonyl (C=O) groups is 3. The third-order valence-electron chi connectivity index (χ3n) is 6.28. The molecule has 0 aliphatic carbocycles. The van der Waals surface area contributed by atoms with Gasteiger partial charge in [-0.05, 0) is 32.4 Å². The Bertz CT molecular complexity index is 751. The predicted molar refractivity (Wildman–Crippen MR) is 114 cm³/mol. The molecule has 1 aromatic rings. The SMILES string of the molecule is Cc1ccc(C(CNC(=O)C(=O)N2CCC(C(N)=O)CC2)N2CCN(C)CC2)cc1. The lowest BCUT2D eigenvalue weighted by molar-refractivity contribution is -0.147. The minimum Gasteiger partial charge on any atom is -0.369 e. The first-order valence-electron chi connectivity index (χ1n) is 10.7. The molecule has 8 nitrogen and oxygen atoms in total. The van der Waals surface area contributed by atoms with Gasteiger partial charge in [-0.2, -0.15) is 0 Å². The summed E-state index contributed by atoms with van der Waals surface area (Å²) in [6.07, 6.45) is 1.03. The minimum absolute atomic E-state index is 0.0247. The quantitative estimate of drug-likeness (QED) is 0.666. The van der Waals surface area contributed by atoms with E-state index in [9.17, 15) is 14.4 Å². The largest absolute Gasteiger partial charge is 0.369 e. The van der Waals surface area contributed by atoms with Crippen LogP contribution in [0.25, 0.3) is 0 Å². The van der Waals surface area contributed by atoms with Crippen LogP contribution in [0.15, 0.2) is 24.3 Å². The van der Waals surface area contributed by atoms with Crippen LogP contribution < -0.4 is 11.1 Å². The summed E-state index contributed by atoms with van der Waals surface area (Å²) in [6.45, 7) is 7.00. The van der Waals surface area contributed by atoms with Gasteiger partial charge in [-0.1, -0.05) is 29.8 Å². The van der Waals surface area contributed by atoms with Gasteiger partial charge >= 0.3 is 11.8 Å². The lowest BCUT2D eigenvalue weighted by Crippen LogP contribution is -2.51. The Kier molecular flexibility index (Phi) is 7.44. The number of nitrogens with zero attached hydrogens (tertiary/aromatic N) is 3. The van der Waals surface area contributed by atoms with Crippen LogP contribution in [0.5, 0.6) is 0 Å². The second kappa shape index (κ2) is 10.0. The van der Waals surface area contributed by atoms with Crippen molar-refractivity contribution in [3.63, 3.8) is 0 Å². The highest BCUT2D eigenvalue weighted by molar-refractivity contribution is 6.35. The summed E-state index contributed by atoms with van der Waals surface area (Å²) in [5.41, 5.74) is 7.67. The number of likely N-dealkylation sites (N-methyl/N-ethyl adjacent to an activating group) is 1. The van der Waals surface area contributed by atoms with Gasteiger partial charge in [0.2, 0.25) is 5.91 Å². The van der Waals surface area contributed by atoms with Gasteiger partial charge in [-0.3, -0.25) is 19.3 Å². The first kappa shape index (κ1) is 22.2. The summed E-state index contributed by atoms with van der Waals surface area (Å²) in [5.74, 6) is -1.65. The van der Waals surface area contributed by atoms with Crippen molar-refractivity contribution in [1.82, 2.24) is 20.0 Å². The van der Waals surface area contributed by atoms with E-state index in [2.05, 4.69) is 53.4 Å². The number of benzene rings is 1. The maximum atomic E-state index is 12.6. The Morgan fingerprint density at radius 3 is 2.20 bits per heavy atom. The molecule has 2 heterocycles. The van der Waals surface area contributed by atoms with E-state index in [4.69, 9.17) is 5.73 Å². The highest BCUT2D eigenvalue weighted by Crippen LogP contribution is 2.22. The third kappa shape index (κ3) is 5.58. The fourth-order valence-electron chi connectivity index (χ4n) is 4.16. The first-order chi connectivity index (χ1) is 14.3. The Morgan fingerprint density at radius 2 is 1.63 bits per heavy atom. The summed E-state index contributed by atoms with van der Waals surface area (Å²) in [4.78, 5) is 42.6. The van der Waals surface area contributed by atoms with Crippen molar-refractivity contribution in [2.45, 2.75) is 25.8 Å². The summed E-state index contributed by atoms with van der Waals surface area (Å²) in [6, 6.07) is 8.38. The maximum Gasteiger partial charge on any atom is 0.311 e. The Morgan fingerprint density at radius 1 is 1.03 bits per heavy atom. The molecule has 0 saturated carbocycles. The second-order valence-corrected chi connectivity index (χ2v) is 8.44. The molecule has 1 aromatic carbocycles. The molecule has 3 amide bonds. The van der Waals surface area contributed by atoms with Crippen LogP contribution in [0.3, 0.4) is 0 Å². The average molecular weight is 416 g/mol. The molecular weight excluding hydrogens is 382 g/mol. The molecule has 2 aliphatic rings. The summed E-state index contributed by atoms with van der Waals surface area (Å²) in [7, 11) is 2.11. The number of aryl methyl sites for hydroxylation is 1. The smallest absolute Gasteiger partial charge is 0.311 e. The molecule has 164 valence electrons. The summed E-state index contributed by atoms with van der Waals surface area (Å²) < 4.78 is 0. The number of hydrogen-bond donors (Lipinski definition) is 2. The van der Waals surface area contributed by atoms with Crippen molar-refractivity contribution in [3.05, 3.63) is 35.4 Å². The van der Waals surface area contributed by atoms with Crippen molar-refractivity contribution in [2.24, 2.45) is 11.7 Å². The van der Waals surface area contributed by atoms with Gasteiger partial charge in [-0.15, -0.1) is 0 Å². The molecule has 2 saturated heterocycles. The van der Waals surface area contributed by atoms with E-state index in [-0.39, 0.29) is 17.9 Å². The highest BCUT2D eigenvalue weighted by atomic mass is 16.2. The molecule has 1 atom stereocenters. The third-order valence-corrected chi connectivity index (χ3v) is 6.28. The standard InChI is InChI=1S/C22H33N5O3/c1-16-3-5-17(6-4-16)19(26-13-11-25(2)12-14-26)15-24-21(29)22(30)27-9-7-18(8-10-27)20(23)28/h3-6,18-19H,7-15H2,1-2H3,(H2,23,28)(H,24,29). The number of primary amides is 1. The van der Waals surface area contributed by atoms with Crippen molar-refractivity contribution in [2.75, 3.05) is 52.9 Å². The summed E-state index contributed by atoms with van der Waals surface area (Å²) in [5, 5.41) is 2.86. The van der Waals surface area contributed by atoms with Gasteiger partial charge in [0.05, 0.1) is 6.04 Å². The maximum absolute atomic E-state index is 12.6. The molecule has 8 heteroatoms. The molecular formula is C22H33N5O3. The molecule has 0 radical (unpaired) electrons. The van der Waals surface area contributed by atoms with Crippen LogP contribution in [0, 0.1) is 12.8 Å². The normalized spacial score (nSPS) is 20.0. The zero-order chi connectivity index (χ0) is 21.7. The number of piperazine rings is 1. The number of likely N-dealkylation sites (tertiary alicyclic amines) is 1. The van der Waals surface area contributed by atoms with Crippen molar-refractivity contribution >= 4 is 17.7 Å². The zero-order valence-electron chi connectivity index (χ0n) is 18.0. The fourth-order valence-corrected chi connectivity index (χ4v) is 4.16. The minimum atomic E-state index is -0.584. The number of rotatable bonds is 5. The number of piperidine rings is 1. The second-order valence-electron chi connectivity index (χ2n) is 8.44. The molecule has 1 unspecified atom stereocenters. The van der Waals surface area contributed by atoms with E-state index in [0.717, 1.165) is 31.7 Å². The van der Waals surface area contributed by atoms with Gasteiger partial charge in [0.15, 0.2) is 0 Å². The van der Waals surface area contributed by atoms with Gasteiger partial charge in [0.1, 0.15) is 0 Å².